The lowest BCUT2D eigenvalue weighted by Gasteiger charge is -2.31. The van der Waals surface area contributed by atoms with Crippen LogP contribution in [-0.4, -0.2) is 42.2 Å². The Balaban J connectivity index is 1.36. The summed E-state index contributed by atoms with van der Waals surface area (Å²) in [6.45, 7) is 6.41. The van der Waals surface area contributed by atoms with Crippen LogP contribution in [0.3, 0.4) is 0 Å². The van der Waals surface area contributed by atoms with E-state index in [0.717, 1.165) is 31.9 Å². The highest BCUT2D eigenvalue weighted by Crippen LogP contribution is 2.20. The zero-order valence-electron chi connectivity index (χ0n) is 16.1. The van der Waals surface area contributed by atoms with Crippen molar-refractivity contribution in [1.82, 2.24) is 10.2 Å². The van der Waals surface area contributed by atoms with Gasteiger partial charge in [-0.05, 0) is 86.7 Å². The number of rotatable bonds is 7. The first kappa shape index (κ1) is 20.8. The molecule has 1 aliphatic heterocycles. The average molecular weight is 418 g/mol. The van der Waals surface area contributed by atoms with Crippen LogP contribution in [0.2, 0.25) is 0 Å². The largest absolute Gasteiger partial charge is 0.462 e. The number of thiocarbonyl (C=S) groups is 1. The molecule has 5 nitrogen and oxygen atoms in total. The number of likely N-dealkylation sites (tertiary alicyclic amines) is 1. The Kier molecular flexibility index (Phi) is 7.82. The molecule has 0 bridgehead atoms. The lowest BCUT2D eigenvalue weighted by atomic mass is 9.97. The number of hydrogen-bond donors (Lipinski definition) is 2. The van der Waals surface area contributed by atoms with Crippen molar-refractivity contribution in [3.05, 3.63) is 52.2 Å². The Labute approximate surface area is 176 Å². The SMILES string of the molecule is CCOC(=O)c1ccc(NC(=S)NCC2CCN(Cc3cccs3)CC2)cc1. The van der Waals surface area contributed by atoms with Gasteiger partial charge >= 0.3 is 5.97 Å². The van der Waals surface area contributed by atoms with Crippen molar-refractivity contribution in [2.75, 3.05) is 31.6 Å². The molecule has 2 aromatic rings. The van der Waals surface area contributed by atoms with Gasteiger partial charge in [0, 0.05) is 23.7 Å². The molecule has 0 radical (unpaired) electrons. The van der Waals surface area contributed by atoms with E-state index < -0.39 is 0 Å². The highest BCUT2D eigenvalue weighted by atomic mass is 32.1. The highest BCUT2D eigenvalue weighted by Gasteiger charge is 2.19. The molecule has 3 rings (SSSR count). The number of anilines is 1. The van der Waals surface area contributed by atoms with E-state index in [1.807, 2.05) is 23.5 Å². The van der Waals surface area contributed by atoms with Gasteiger partial charge in [-0.15, -0.1) is 11.3 Å². The molecule has 1 fully saturated rings. The molecule has 0 spiro atoms. The summed E-state index contributed by atoms with van der Waals surface area (Å²) in [7, 11) is 0. The zero-order valence-corrected chi connectivity index (χ0v) is 17.8. The third-order valence-corrected chi connectivity index (χ3v) is 5.98. The van der Waals surface area contributed by atoms with E-state index in [1.165, 1.54) is 17.7 Å². The van der Waals surface area contributed by atoms with Crippen LogP contribution < -0.4 is 10.6 Å². The minimum Gasteiger partial charge on any atom is -0.462 e. The van der Waals surface area contributed by atoms with Crippen LogP contribution in [0.25, 0.3) is 0 Å². The summed E-state index contributed by atoms with van der Waals surface area (Å²) in [4.78, 5) is 15.7. The van der Waals surface area contributed by atoms with E-state index >= 15 is 0 Å². The number of ether oxygens (including phenoxy) is 1. The van der Waals surface area contributed by atoms with E-state index in [9.17, 15) is 4.79 Å². The molecule has 150 valence electrons. The fourth-order valence-electron chi connectivity index (χ4n) is 3.29. The summed E-state index contributed by atoms with van der Waals surface area (Å²) < 4.78 is 4.99. The summed E-state index contributed by atoms with van der Waals surface area (Å²) in [5.41, 5.74) is 1.40. The van der Waals surface area contributed by atoms with Crippen molar-refractivity contribution in [2.24, 2.45) is 5.92 Å². The number of nitrogens with one attached hydrogen (secondary N) is 2. The molecule has 2 heterocycles. The van der Waals surface area contributed by atoms with Crippen molar-refractivity contribution in [3.63, 3.8) is 0 Å². The summed E-state index contributed by atoms with van der Waals surface area (Å²) in [6, 6.07) is 11.5. The van der Waals surface area contributed by atoms with Gasteiger partial charge in [0.15, 0.2) is 5.11 Å². The van der Waals surface area contributed by atoms with Gasteiger partial charge in [-0.3, -0.25) is 4.90 Å². The molecular formula is C21H27N3O2S2. The molecule has 2 N–H and O–H groups in total. The molecule has 1 aromatic carbocycles. The smallest absolute Gasteiger partial charge is 0.338 e. The third kappa shape index (κ3) is 6.29. The third-order valence-electron chi connectivity index (χ3n) is 4.87. The van der Waals surface area contributed by atoms with Crippen LogP contribution in [0.15, 0.2) is 41.8 Å². The molecule has 28 heavy (non-hydrogen) atoms. The standard InChI is InChI=1S/C21H27N3O2S2/c1-2-26-20(25)17-5-7-18(8-6-17)23-21(27)22-14-16-9-11-24(12-10-16)15-19-4-3-13-28-19/h3-8,13,16H,2,9-12,14-15H2,1H3,(H2,22,23,27). The number of nitrogens with zero attached hydrogens (tertiary/aromatic N) is 1. The van der Waals surface area contributed by atoms with Crippen molar-refractivity contribution in [2.45, 2.75) is 26.3 Å². The Hall–Kier alpha value is -1.96. The van der Waals surface area contributed by atoms with E-state index in [2.05, 4.69) is 33.0 Å². The molecule has 0 amide bonds. The minimum absolute atomic E-state index is 0.305. The molecule has 1 aliphatic rings. The van der Waals surface area contributed by atoms with Crippen LogP contribution in [-0.2, 0) is 11.3 Å². The van der Waals surface area contributed by atoms with Crippen LogP contribution in [0, 0.1) is 5.92 Å². The quantitative estimate of drug-likeness (QED) is 0.522. The Morgan fingerprint density at radius 1 is 1.25 bits per heavy atom. The van der Waals surface area contributed by atoms with Crippen LogP contribution in [0.1, 0.15) is 35.0 Å². The van der Waals surface area contributed by atoms with Crippen LogP contribution in [0.5, 0.6) is 0 Å². The number of carbonyl (C=O) groups excluding carboxylic acids is 1. The van der Waals surface area contributed by atoms with Gasteiger partial charge in [-0.1, -0.05) is 6.07 Å². The first-order chi connectivity index (χ1) is 13.6. The van der Waals surface area contributed by atoms with Gasteiger partial charge in [-0.25, -0.2) is 4.79 Å². The fourth-order valence-corrected chi connectivity index (χ4v) is 4.24. The number of carbonyl (C=O) groups is 1. The van der Waals surface area contributed by atoms with Gasteiger partial charge in [0.05, 0.1) is 12.2 Å². The van der Waals surface area contributed by atoms with Crippen molar-refractivity contribution < 1.29 is 9.53 Å². The van der Waals surface area contributed by atoms with E-state index in [4.69, 9.17) is 17.0 Å². The van der Waals surface area contributed by atoms with Gasteiger partial charge in [0.25, 0.3) is 0 Å². The fraction of sp³-hybridized carbons (Fsp3) is 0.429. The lowest BCUT2D eigenvalue weighted by Crippen LogP contribution is -2.39. The molecule has 0 unspecified atom stereocenters. The second kappa shape index (κ2) is 10.5. The molecule has 0 aliphatic carbocycles. The number of benzene rings is 1. The monoisotopic (exact) mass is 417 g/mol. The van der Waals surface area contributed by atoms with E-state index in [-0.39, 0.29) is 5.97 Å². The number of piperidine rings is 1. The normalized spacial score (nSPS) is 15.2. The first-order valence-electron chi connectivity index (χ1n) is 9.71. The molecular weight excluding hydrogens is 390 g/mol. The molecule has 1 saturated heterocycles. The second-order valence-corrected chi connectivity index (χ2v) is 8.37. The number of esters is 1. The number of hydrogen-bond acceptors (Lipinski definition) is 5. The van der Waals surface area contributed by atoms with Crippen LogP contribution >= 0.6 is 23.6 Å². The van der Waals surface area contributed by atoms with E-state index in [0.29, 0.717) is 23.2 Å². The van der Waals surface area contributed by atoms with E-state index in [1.54, 1.807) is 19.1 Å². The maximum Gasteiger partial charge on any atom is 0.338 e. The first-order valence-corrected chi connectivity index (χ1v) is 11.0. The van der Waals surface area contributed by atoms with Gasteiger partial charge in [0.1, 0.15) is 0 Å². The topological polar surface area (TPSA) is 53.6 Å². The molecule has 0 atom stereocenters. The molecule has 0 saturated carbocycles. The molecule has 1 aromatic heterocycles. The number of thiophene rings is 1. The molecule has 7 heteroatoms. The summed E-state index contributed by atoms with van der Waals surface area (Å²) >= 11 is 7.24. The minimum atomic E-state index is -0.305. The Bertz CT molecular complexity index is 754. The Morgan fingerprint density at radius 2 is 2.00 bits per heavy atom. The predicted molar refractivity (Wildman–Crippen MR) is 119 cm³/mol. The lowest BCUT2D eigenvalue weighted by molar-refractivity contribution is 0.0526. The van der Waals surface area contributed by atoms with Gasteiger partial charge in [-0.2, -0.15) is 0 Å². The summed E-state index contributed by atoms with van der Waals surface area (Å²) in [5.74, 6) is 0.339. The second-order valence-electron chi connectivity index (χ2n) is 6.93. The van der Waals surface area contributed by atoms with Crippen molar-refractivity contribution in [1.29, 1.82) is 0 Å². The van der Waals surface area contributed by atoms with Crippen molar-refractivity contribution in [3.8, 4) is 0 Å². The summed E-state index contributed by atoms with van der Waals surface area (Å²) in [6.07, 6.45) is 2.38. The van der Waals surface area contributed by atoms with Crippen LogP contribution in [0.4, 0.5) is 5.69 Å². The predicted octanol–water partition coefficient (Wildman–Crippen LogP) is 4.12. The van der Waals surface area contributed by atoms with Crippen molar-refractivity contribution >= 4 is 40.3 Å². The summed E-state index contributed by atoms with van der Waals surface area (Å²) in [5, 5.41) is 9.27. The zero-order chi connectivity index (χ0) is 19.8. The average Bonchev–Trinajstić information content (AvgIpc) is 3.21. The highest BCUT2D eigenvalue weighted by molar-refractivity contribution is 7.80. The maximum absolute atomic E-state index is 11.7. The van der Waals surface area contributed by atoms with Gasteiger partial charge in [0.2, 0.25) is 0 Å². The Morgan fingerprint density at radius 3 is 2.64 bits per heavy atom. The maximum atomic E-state index is 11.7. The van der Waals surface area contributed by atoms with Gasteiger partial charge < -0.3 is 15.4 Å².